The smallest absolute Gasteiger partial charge is 0.211 e. The van der Waals surface area contributed by atoms with E-state index in [4.69, 9.17) is 9.47 Å². The Morgan fingerprint density at radius 3 is 2.50 bits per heavy atom. The number of hydrogen-bond acceptors (Lipinski definition) is 5. The van der Waals surface area contributed by atoms with Gasteiger partial charge in [-0.25, -0.2) is 12.7 Å². The molecule has 0 unspecified atom stereocenters. The van der Waals surface area contributed by atoms with Gasteiger partial charge in [-0.15, -0.1) is 0 Å². The topological polar surface area (TPSA) is 67.9 Å². The molecule has 0 bridgehead atoms. The molecule has 126 valence electrons. The lowest BCUT2D eigenvalue weighted by Gasteiger charge is -2.17. The number of hydrogen-bond donors (Lipinski definition) is 1. The molecule has 0 atom stereocenters. The van der Waals surface area contributed by atoms with E-state index in [9.17, 15) is 8.42 Å². The normalized spacial score (nSPS) is 11.7. The molecule has 0 spiro atoms. The van der Waals surface area contributed by atoms with Gasteiger partial charge in [-0.05, 0) is 19.0 Å². The molecule has 0 radical (unpaired) electrons. The van der Waals surface area contributed by atoms with E-state index in [-0.39, 0.29) is 0 Å². The van der Waals surface area contributed by atoms with Crippen LogP contribution in [0.1, 0.15) is 18.9 Å². The van der Waals surface area contributed by atoms with Crippen LogP contribution in [-0.2, 0) is 16.6 Å². The minimum atomic E-state index is -3.10. The molecule has 0 saturated heterocycles. The lowest BCUT2D eigenvalue weighted by Crippen LogP contribution is -2.32. The molecule has 0 aliphatic rings. The van der Waals surface area contributed by atoms with E-state index < -0.39 is 10.0 Å². The quantitative estimate of drug-likeness (QED) is 0.658. The van der Waals surface area contributed by atoms with Crippen LogP contribution in [0.3, 0.4) is 0 Å². The lowest BCUT2D eigenvalue weighted by atomic mass is 10.2. The van der Waals surface area contributed by atoms with Gasteiger partial charge in [0.25, 0.3) is 0 Å². The van der Waals surface area contributed by atoms with Crippen LogP contribution < -0.4 is 14.8 Å². The average Bonchev–Trinajstić information content (AvgIpc) is 2.49. The maximum atomic E-state index is 11.5. The molecule has 6 nitrogen and oxygen atoms in total. The standard InChI is InChI=1S/C15H26N2O4S/c1-5-17(22(4,18)19)10-6-9-16-12-13-7-8-14(20-2)11-15(13)21-3/h7-8,11,16H,5-6,9-10,12H2,1-4H3. The summed E-state index contributed by atoms with van der Waals surface area (Å²) in [7, 11) is 0.146. The van der Waals surface area contributed by atoms with Crippen LogP contribution in [0.15, 0.2) is 18.2 Å². The average molecular weight is 330 g/mol. The van der Waals surface area contributed by atoms with Crippen molar-refractivity contribution >= 4 is 10.0 Å². The van der Waals surface area contributed by atoms with E-state index in [1.165, 1.54) is 10.6 Å². The Bertz CT molecular complexity index is 561. The zero-order chi connectivity index (χ0) is 16.6. The first-order chi connectivity index (χ1) is 10.4. The van der Waals surface area contributed by atoms with Crippen molar-refractivity contribution < 1.29 is 17.9 Å². The van der Waals surface area contributed by atoms with Crippen molar-refractivity contribution in [2.45, 2.75) is 19.9 Å². The molecule has 0 saturated carbocycles. The highest BCUT2D eigenvalue weighted by Gasteiger charge is 2.13. The molecular formula is C15H26N2O4S. The molecule has 0 aliphatic carbocycles. The maximum absolute atomic E-state index is 11.5. The van der Waals surface area contributed by atoms with Gasteiger partial charge in [0.05, 0.1) is 20.5 Å². The molecule has 1 aromatic rings. The molecule has 0 aliphatic heterocycles. The van der Waals surface area contributed by atoms with Gasteiger partial charge in [0.2, 0.25) is 10.0 Å². The van der Waals surface area contributed by atoms with Crippen LogP contribution in [-0.4, -0.2) is 52.8 Å². The second-order valence-electron chi connectivity index (χ2n) is 4.96. The minimum absolute atomic E-state index is 0.505. The molecule has 7 heteroatoms. The monoisotopic (exact) mass is 330 g/mol. The summed E-state index contributed by atoms with van der Waals surface area (Å²) < 4.78 is 34.9. The fourth-order valence-corrected chi connectivity index (χ4v) is 3.09. The van der Waals surface area contributed by atoms with Crippen molar-refractivity contribution in [1.82, 2.24) is 9.62 Å². The van der Waals surface area contributed by atoms with E-state index in [0.717, 1.165) is 30.0 Å². The fraction of sp³-hybridized carbons (Fsp3) is 0.600. The van der Waals surface area contributed by atoms with Crippen LogP contribution in [0.2, 0.25) is 0 Å². The minimum Gasteiger partial charge on any atom is -0.497 e. The highest BCUT2D eigenvalue weighted by atomic mass is 32.2. The van der Waals surface area contributed by atoms with E-state index in [2.05, 4.69) is 5.32 Å². The molecule has 0 heterocycles. The van der Waals surface area contributed by atoms with Gasteiger partial charge < -0.3 is 14.8 Å². The fourth-order valence-electron chi connectivity index (χ4n) is 2.16. The third-order valence-corrected chi connectivity index (χ3v) is 4.77. The van der Waals surface area contributed by atoms with Crippen LogP contribution in [0, 0.1) is 0 Å². The summed E-state index contributed by atoms with van der Waals surface area (Å²) in [4.78, 5) is 0. The SMILES string of the molecule is CCN(CCCNCc1ccc(OC)cc1OC)S(C)(=O)=O. The van der Waals surface area contributed by atoms with Crippen LogP contribution in [0.5, 0.6) is 11.5 Å². The zero-order valence-corrected chi connectivity index (χ0v) is 14.6. The Kier molecular flexibility index (Phi) is 7.64. The largest absolute Gasteiger partial charge is 0.497 e. The van der Waals surface area contributed by atoms with E-state index in [1.807, 2.05) is 25.1 Å². The highest BCUT2D eigenvalue weighted by molar-refractivity contribution is 7.88. The second-order valence-corrected chi connectivity index (χ2v) is 6.95. The summed E-state index contributed by atoms with van der Waals surface area (Å²) in [5, 5.41) is 3.30. The molecule has 0 amide bonds. The summed E-state index contributed by atoms with van der Waals surface area (Å²) in [6.45, 7) is 4.28. The maximum Gasteiger partial charge on any atom is 0.211 e. The Balaban J connectivity index is 2.42. The van der Waals surface area contributed by atoms with Gasteiger partial charge in [-0.3, -0.25) is 0 Å². The Labute approximate surface area is 133 Å². The zero-order valence-electron chi connectivity index (χ0n) is 13.8. The predicted octanol–water partition coefficient (Wildman–Crippen LogP) is 1.47. The lowest BCUT2D eigenvalue weighted by molar-refractivity contribution is 0.389. The highest BCUT2D eigenvalue weighted by Crippen LogP contribution is 2.24. The Morgan fingerprint density at radius 1 is 1.23 bits per heavy atom. The van der Waals surface area contributed by atoms with Gasteiger partial charge in [0, 0.05) is 31.3 Å². The summed E-state index contributed by atoms with van der Waals surface area (Å²) >= 11 is 0. The van der Waals surface area contributed by atoms with Crippen LogP contribution in [0.25, 0.3) is 0 Å². The van der Waals surface area contributed by atoms with Gasteiger partial charge in [-0.1, -0.05) is 13.0 Å². The second kappa shape index (κ2) is 8.97. The first kappa shape index (κ1) is 18.7. The number of rotatable bonds is 10. The molecular weight excluding hydrogens is 304 g/mol. The summed E-state index contributed by atoms with van der Waals surface area (Å²) in [6.07, 6.45) is 2.01. The van der Waals surface area contributed by atoms with Crippen molar-refractivity contribution in [2.24, 2.45) is 0 Å². The number of sulfonamides is 1. The van der Waals surface area contributed by atoms with Gasteiger partial charge in [-0.2, -0.15) is 0 Å². The Morgan fingerprint density at radius 2 is 1.95 bits per heavy atom. The summed E-state index contributed by atoms with van der Waals surface area (Å²) in [6, 6.07) is 5.70. The number of nitrogens with one attached hydrogen (secondary N) is 1. The molecule has 1 aromatic carbocycles. The van der Waals surface area contributed by atoms with Crippen molar-refractivity contribution in [2.75, 3.05) is 40.1 Å². The van der Waals surface area contributed by atoms with Crippen molar-refractivity contribution in [1.29, 1.82) is 0 Å². The van der Waals surface area contributed by atoms with Crippen molar-refractivity contribution in [3.8, 4) is 11.5 Å². The van der Waals surface area contributed by atoms with Crippen LogP contribution >= 0.6 is 0 Å². The van der Waals surface area contributed by atoms with E-state index >= 15 is 0 Å². The van der Waals surface area contributed by atoms with Crippen molar-refractivity contribution in [3.05, 3.63) is 23.8 Å². The number of nitrogens with zero attached hydrogens (tertiary/aromatic N) is 1. The summed E-state index contributed by atoms with van der Waals surface area (Å²) in [5.41, 5.74) is 1.04. The molecule has 0 fully saturated rings. The number of benzene rings is 1. The van der Waals surface area contributed by atoms with Crippen LogP contribution in [0.4, 0.5) is 0 Å². The Hall–Kier alpha value is -1.31. The molecule has 22 heavy (non-hydrogen) atoms. The first-order valence-electron chi connectivity index (χ1n) is 7.29. The summed E-state index contributed by atoms with van der Waals surface area (Å²) in [5.74, 6) is 1.53. The number of methoxy groups -OCH3 is 2. The molecule has 1 N–H and O–H groups in total. The van der Waals surface area contributed by atoms with Gasteiger partial charge in [0.15, 0.2) is 0 Å². The van der Waals surface area contributed by atoms with Crippen molar-refractivity contribution in [3.63, 3.8) is 0 Å². The van der Waals surface area contributed by atoms with Gasteiger partial charge in [0.1, 0.15) is 11.5 Å². The third kappa shape index (κ3) is 5.82. The predicted molar refractivity (Wildman–Crippen MR) is 88.0 cm³/mol. The van der Waals surface area contributed by atoms with E-state index in [1.54, 1.807) is 14.2 Å². The molecule has 0 aromatic heterocycles. The van der Waals surface area contributed by atoms with E-state index in [0.29, 0.717) is 19.6 Å². The first-order valence-corrected chi connectivity index (χ1v) is 9.14. The third-order valence-electron chi connectivity index (χ3n) is 3.39. The van der Waals surface area contributed by atoms with Gasteiger partial charge >= 0.3 is 0 Å². The molecule has 1 rings (SSSR count). The number of ether oxygens (including phenoxy) is 2.